The summed E-state index contributed by atoms with van der Waals surface area (Å²) in [5.74, 6) is -0.0150. The van der Waals surface area contributed by atoms with E-state index in [2.05, 4.69) is 5.32 Å². The number of nitrogens with one attached hydrogen (secondary N) is 1. The third-order valence-electron chi connectivity index (χ3n) is 5.10. The molecular formula is C20H26N2O4. The van der Waals surface area contributed by atoms with E-state index in [9.17, 15) is 14.4 Å². The highest BCUT2D eigenvalue weighted by molar-refractivity contribution is 6.05. The number of ether oxygens (including phenoxy) is 1. The van der Waals surface area contributed by atoms with Gasteiger partial charge in [0.2, 0.25) is 5.91 Å². The minimum Gasteiger partial charge on any atom is -0.479 e. The third kappa shape index (κ3) is 4.06. The molecule has 1 N–H and O–H groups in total. The molecule has 2 aliphatic rings. The zero-order valence-electron chi connectivity index (χ0n) is 15.4. The van der Waals surface area contributed by atoms with E-state index in [1.165, 1.54) is 24.7 Å². The van der Waals surface area contributed by atoms with E-state index in [0.717, 1.165) is 25.7 Å². The second-order valence-electron chi connectivity index (χ2n) is 7.18. The first-order valence-electron chi connectivity index (χ1n) is 9.38. The van der Waals surface area contributed by atoms with Gasteiger partial charge in [-0.2, -0.15) is 0 Å². The van der Waals surface area contributed by atoms with Crippen LogP contribution in [0.3, 0.4) is 0 Å². The highest BCUT2D eigenvalue weighted by atomic mass is 16.5. The maximum atomic E-state index is 12.6. The van der Waals surface area contributed by atoms with Gasteiger partial charge in [0.05, 0.1) is 5.69 Å². The fraction of sp³-hybridized carbons (Fsp3) is 0.550. The Morgan fingerprint density at radius 3 is 2.54 bits per heavy atom. The lowest BCUT2D eigenvalue weighted by atomic mass is 10.1. The first-order valence-corrected chi connectivity index (χ1v) is 9.38. The van der Waals surface area contributed by atoms with E-state index in [0.29, 0.717) is 17.0 Å². The number of hydrogen-bond acceptors (Lipinski definition) is 4. The second kappa shape index (κ2) is 7.89. The Labute approximate surface area is 153 Å². The number of carbonyl (C=O) groups is 3. The molecule has 140 valence electrons. The maximum absolute atomic E-state index is 12.6. The fourth-order valence-corrected chi connectivity index (χ4v) is 3.63. The summed E-state index contributed by atoms with van der Waals surface area (Å²) in [4.78, 5) is 38.3. The summed E-state index contributed by atoms with van der Waals surface area (Å²) in [5.41, 5.74) is 0.973. The van der Waals surface area contributed by atoms with Crippen LogP contribution >= 0.6 is 0 Å². The Morgan fingerprint density at radius 2 is 1.88 bits per heavy atom. The summed E-state index contributed by atoms with van der Waals surface area (Å²) in [5, 5.41) is 3.07. The predicted molar refractivity (Wildman–Crippen MR) is 98.5 cm³/mol. The van der Waals surface area contributed by atoms with Crippen LogP contribution in [-0.2, 0) is 9.59 Å². The van der Waals surface area contributed by atoms with E-state index >= 15 is 0 Å². The van der Waals surface area contributed by atoms with Crippen molar-refractivity contribution >= 4 is 23.3 Å². The van der Waals surface area contributed by atoms with Gasteiger partial charge in [0.1, 0.15) is 12.3 Å². The number of amides is 2. The Morgan fingerprint density at radius 1 is 1.19 bits per heavy atom. The molecule has 0 aromatic heterocycles. The molecule has 6 heteroatoms. The first-order chi connectivity index (χ1) is 12.5. The van der Waals surface area contributed by atoms with Crippen molar-refractivity contribution in [3.8, 4) is 5.75 Å². The average molecular weight is 358 g/mol. The zero-order chi connectivity index (χ0) is 18.7. The highest BCUT2D eigenvalue weighted by Crippen LogP contribution is 2.35. The molecule has 1 aliphatic heterocycles. The molecule has 0 saturated heterocycles. The quantitative estimate of drug-likeness (QED) is 0.663. The van der Waals surface area contributed by atoms with Crippen LogP contribution in [0.2, 0.25) is 0 Å². The van der Waals surface area contributed by atoms with Gasteiger partial charge in [-0.1, -0.05) is 25.7 Å². The minimum absolute atomic E-state index is 0.0581. The number of anilines is 1. The number of ketones is 1. The lowest BCUT2D eigenvalue weighted by Gasteiger charge is -2.33. The lowest BCUT2D eigenvalue weighted by Crippen LogP contribution is -2.50. The number of rotatable bonds is 4. The molecule has 0 bridgehead atoms. The van der Waals surface area contributed by atoms with Gasteiger partial charge >= 0.3 is 0 Å². The molecule has 0 spiro atoms. The molecule has 1 aromatic carbocycles. The summed E-state index contributed by atoms with van der Waals surface area (Å²) in [7, 11) is 0. The molecule has 26 heavy (non-hydrogen) atoms. The van der Waals surface area contributed by atoms with Gasteiger partial charge in [0.25, 0.3) is 5.91 Å². The van der Waals surface area contributed by atoms with Crippen LogP contribution in [0.15, 0.2) is 18.2 Å². The molecule has 1 aromatic rings. The normalized spacial score (nSPS) is 20.8. The van der Waals surface area contributed by atoms with E-state index < -0.39 is 6.10 Å². The Kier molecular flexibility index (Phi) is 5.59. The number of Topliss-reactive ketones (excluding diaryl/α,β-unsaturated/α-hetero) is 1. The Bertz CT molecular complexity index is 708. The Hall–Kier alpha value is -2.37. The van der Waals surface area contributed by atoms with Crippen LogP contribution in [0.1, 0.15) is 62.7 Å². The second-order valence-corrected chi connectivity index (χ2v) is 7.18. The largest absolute Gasteiger partial charge is 0.479 e. The van der Waals surface area contributed by atoms with E-state index in [4.69, 9.17) is 4.74 Å². The molecule has 3 rings (SSSR count). The zero-order valence-corrected chi connectivity index (χ0v) is 15.4. The molecule has 1 heterocycles. The molecule has 1 aliphatic carbocycles. The van der Waals surface area contributed by atoms with E-state index in [-0.39, 0.29) is 30.2 Å². The topological polar surface area (TPSA) is 75.7 Å². The van der Waals surface area contributed by atoms with Crippen molar-refractivity contribution in [1.29, 1.82) is 0 Å². The minimum atomic E-state index is -0.656. The summed E-state index contributed by atoms with van der Waals surface area (Å²) in [6.45, 7) is 3.08. The van der Waals surface area contributed by atoms with Crippen molar-refractivity contribution in [2.45, 2.75) is 64.5 Å². The molecule has 2 amide bonds. The molecule has 1 atom stereocenters. The first kappa shape index (κ1) is 18.4. The van der Waals surface area contributed by atoms with Gasteiger partial charge in [-0.25, -0.2) is 0 Å². The van der Waals surface area contributed by atoms with Crippen molar-refractivity contribution in [1.82, 2.24) is 5.32 Å². The summed E-state index contributed by atoms with van der Waals surface area (Å²) < 4.78 is 5.62. The number of fused-ring (bicyclic) bond motifs is 1. The van der Waals surface area contributed by atoms with Crippen LogP contribution in [-0.4, -0.2) is 36.3 Å². The van der Waals surface area contributed by atoms with E-state index in [1.807, 2.05) is 0 Å². The standard InChI is InChI=1S/C20H26N2O4/c1-13(23)15-9-10-18-17(11-15)22(20(25)14(2)26-18)12-19(24)21-16-7-5-3-4-6-8-16/h9-11,14,16H,3-8,12H2,1-2H3,(H,21,24). The van der Waals surface area contributed by atoms with Gasteiger partial charge in [0.15, 0.2) is 11.9 Å². The molecular weight excluding hydrogens is 332 g/mol. The summed E-state index contributed by atoms with van der Waals surface area (Å²) in [6, 6.07) is 5.17. The van der Waals surface area contributed by atoms with Crippen molar-refractivity contribution in [3.63, 3.8) is 0 Å². The SMILES string of the molecule is CC(=O)c1ccc2c(c1)N(CC(=O)NC1CCCCCC1)C(=O)C(C)O2. The van der Waals surface area contributed by atoms with Crippen molar-refractivity contribution in [2.24, 2.45) is 0 Å². The highest BCUT2D eigenvalue weighted by Gasteiger charge is 2.33. The van der Waals surface area contributed by atoms with Gasteiger partial charge in [-0.05, 0) is 44.9 Å². The molecule has 1 saturated carbocycles. The van der Waals surface area contributed by atoms with Crippen molar-refractivity contribution in [2.75, 3.05) is 11.4 Å². The molecule has 6 nitrogen and oxygen atoms in total. The third-order valence-corrected chi connectivity index (χ3v) is 5.10. The van der Waals surface area contributed by atoms with Crippen molar-refractivity contribution < 1.29 is 19.1 Å². The monoisotopic (exact) mass is 358 g/mol. The summed E-state index contributed by atoms with van der Waals surface area (Å²) in [6.07, 6.45) is 6.01. The predicted octanol–water partition coefficient (Wildman–Crippen LogP) is 2.84. The van der Waals surface area contributed by atoms with Gasteiger partial charge in [-0.3, -0.25) is 19.3 Å². The van der Waals surface area contributed by atoms with E-state index in [1.54, 1.807) is 25.1 Å². The molecule has 1 unspecified atom stereocenters. The summed E-state index contributed by atoms with van der Waals surface area (Å²) >= 11 is 0. The van der Waals surface area contributed by atoms with Crippen LogP contribution in [0.25, 0.3) is 0 Å². The number of benzene rings is 1. The lowest BCUT2D eigenvalue weighted by molar-refractivity contribution is -0.128. The van der Waals surface area contributed by atoms with Crippen LogP contribution in [0.5, 0.6) is 5.75 Å². The fourth-order valence-electron chi connectivity index (χ4n) is 3.63. The van der Waals surface area contributed by atoms with Gasteiger partial charge in [0, 0.05) is 11.6 Å². The van der Waals surface area contributed by atoms with Crippen molar-refractivity contribution in [3.05, 3.63) is 23.8 Å². The van der Waals surface area contributed by atoms with Crippen LogP contribution in [0.4, 0.5) is 5.69 Å². The van der Waals surface area contributed by atoms with Crippen LogP contribution in [0, 0.1) is 0 Å². The van der Waals surface area contributed by atoms with Crippen LogP contribution < -0.4 is 15.0 Å². The maximum Gasteiger partial charge on any atom is 0.268 e. The number of carbonyl (C=O) groups excluding carboxylic acids is 3. The molecule has 1 fully saturated rings. The number of nitrogens with zero attached hydrogens (tertiary/aromatic N) is 1. The average Bonchev–Trinajstić information content (AvgIpc) is 2.87. The number of hydrogen-bond donors (Lipinski definition) is 1. The molecule has 0 radical (unpaired) electrons. The van der Waals surface area contributed by atoms with Gasteiger partial charge < -0.3 is 10.1 Å². The smallest absolute Gasteiger partial charge is 0.268 e. The van der Waals surface area contributed by atoms with Gasteiger partial charge in [-0.15, -0.1) is 0 Å². The Balaban J connectivity index is 1.77.